The monoisotopic (exact) mass is 556 g/mol. The highest BCUT2D eigenvalue weighted by atomic mass is 32.2. The van der Waals surface area contributed by atoms with Crippen molar-refractivity contribution in [3.8, 4) is 0 Å². The molecule has 6 rings (SSSR count). The molecule has 3 aliphatic rings. The van der Waals surface area contributed by atoms with Crippen molar-refractivity contribution in [3.05, 3.63) is 107 Å². The topological polar surface area (TPSA) is 84.0 Å². The van der Waals surface area contributed by atoms with Crippen LogP contribution in [0.15, 0.2) is 95.1 Å². The van der Waals surface area contributed by atoms with Crippen molar-refractivity contribution in [3.63, 3.8) is 0 Å². The molecular formula is C32H32N2O5S. The van der Waals surface area contributed by atoms with Gasteiger partial charge in [-0.2, -0.15) is 4.31 Å². The number of benzene rings is 3. The Balaban J connectivity index is 1.51. The number of rotatable bonds is 6. The average Bonchev–Trinajstić information content (AvgIpc) is 3.46. The first-order chi connectivity index (χ1) is 19.2. The predicted molar refractivity (Wildman–Crippen MR) is 152 cm³/mol. The van der Waals surface area contributed by atoms with Crippen LogP contribution < -0.4 is 4.90 Å². The van der Waals surface area contributed by atoms with Crippen LogP contribution in [-0.2, 0) is 24.3 Å². The molecule has 3 aromatic carbocycles. The maximum absolute atomic E-state index is 14.2. The van der Waals surface area contributed by atoms with Crippen molar-refractivity contribution in [1.82, 2.24) is 4.31 Å². The van der Waals surface area contributed by atoms with Gasteiger partial charge in [-0.1, -0.05) is 65.7 Å². The Kier molecular flexibility index (Phi) is 6.63. The zero-order chi connectivity index (χ0) is 28.2. The zero-order valence-electron chi connectivity index (χ0n) is 22.8. The van der Waals surface area contributed by atoms with E-state index >= 15 is 0 Å². The summed E-state index contributed by atoms with van der Waals surface area (Å²) < 4.78 is 36.1. The highest BCUT2D eigenvalue weighted by Gasteiger charge is 2.60. The number of ether oxygens (including phenoxy) is 1. The molecule has 0 radical (unpaired) electrons. The van der Waals surface area contributed by atoms with Crippen molar-refractivity contribution in [2.24, 2.45) is 17.8 Å². The molecule has 0 N–H and O–H groups in total. The second kappa shape index (κ2) is 10.0. The second-order valence-corrected chi connectivity index (χ2v) is 12.7. The highest BCUT2D eigenvalue weighted by molar-refractivity contribution is 7.89. The summed E-state index contributed by atoms with van der Waals surface area (Å²) in [4.78, 5) is 29.2. The Labute approximate surface area is 235 Å². The van der Waals surface area contributed by atoms with Gasteiger partial charge < -0.3 is 4.74 Å². The number of para-hydroxylation sites is 1. The second-order valence-electron chi connectivity index (χ2n) is 10.8. The van der Waals surface area contributed by atoms with E-state index in [4.69, 9.17) is 4.74 Å². The summed E-state index contributed by atoms with van der Waals surface area (Å²) in [5.41, 5.74) is 4.15. The molecule has 2 saturated heterocycles. The van der Waals surface area contributed by atoms with Gasteiger partial charge in [-0.15, -0.1) is 0 Å². The molecule has 8 heteroatoms. The number of carbonyl (C=O) groups excluding carboxylic acids is 2. The van der Waals surface area contributed by atoms with Crippen LogP contribution >= 0.6 is 0 Å². The molecule has 40 heavy (non-hydrogen) atoms. The van der Waals surface area contributed by atoms with Gasteiger partial charge in [-0.25, -0.2) is 8.42 Å². The summed E-state index contributed by atoms with van der Waals surface area (Å²) >= 11 is 0. The lowest BCUT2D eigenvalue weighted by Crippen LogP contribution is -2.35. The predicted octanol–water partition coefficient (Wildman–Crippen LogP) is 5.17. The Morgan fingerprint density at radius 1 is 0.825 bits per heavy atom. The standard InChI is InChI=1S/C32H32N2O5S/c1-4-39-27-18-25-28(32(36)34(31(25)35)23-8-6-5-7-9-23)26-19-33(40(37,38)24-16-12-21(3)13-17-24)30(29(26)27)22-14-10-20(2)11-15-22/h5-17,25-26,28,30H,4,18-19H2,1-3H3. The van der Waals surface area contributed by atoms with Crippen LogP contribution in [0.5, 0.6) is 0 Å². The first kappa shape index (κ1) is 26.5. The van der Waals surface area contributed by atoms with Crippen LogP contribution in [-0.4, -0.2) is 37.7 Å². The summed E-state index contributed by atoms with van der Waals surface area (Å²) in [6.07, 6.45) is 0.263. The number of allylic oxidation sites excluding steroid dienone is 1. The number of nitrogens with zero attached hydrogens (tertiary/aromatic N) is 2. The summed E-state index contributed by atoms with van der Waals surface area (Å²) in [6, 6.07) is 22.9. The van der Waals surface area contributed by atoms with Crippen molar-refractivity contribution >= 4 is 27.5 Å². The molecule has 2 heterocycles. The molecule has 2 aliphatic heterocycles. The molecule has 0 spiro atoms. The van der Waals surface area contributed by atoms with Crippen LogP contribution in [0.25, 0.3) is 0 Å². The largest absolute Gasteiger partial charge is 0.498 e. The molecule has 4 atom stereocenters. The summed E-state index contributed by atoms with van der Waals surface area (Å²) in [5, 5.41) is 0. The molecule has 1 aliphatic carbocycles. The van der Waals surface area contributed by atoms with Gasteiger partial charge in [0.05, 0.1) is 40.8 Å². The lowest BCUT2D eigenvalue weighted by molar-refractivity contribution is -0.122. The summed E-state index contributed by atoms with van der Waals surface area (Å²) in [7, 11) is -3.95. The van der Waals surface area contributed by atoms with Crippen LogP contribution in [0.1, 0.15) is 36.1 Å². The summed E-state index contributed by atoms with van der Waals surface area (Å²) in [6.45, 7) is 6.24. The number of amides is 2. The molecule has 0 saturated carbocycles. The number of hydrogen-bond acceptors (Lipinski definition) is 5. The van der Waals surface area contributed by atoms with Gasteiger partial charge in [0.25, 0.3) is 0 Å². The number of hydrogen-bond donors (Lipinski definition) is 0. The number of aryl methyl sites for hydroxylation is 2. The Morgan fingerprint density at radius 2 is 1.45 bits per heavy atom. The molecular weight excluding hydrogens is 524 g/mol. The molecule has 3 aromatic rings. The quantitative estimate of drug-likeness (QED) is 0.392. The van der Waals surface area contributed by atoms with Crippen molar-refractivity contribution in [2.45, 2.75) is 38.1 Å². The fourth-order valence-corrected chi connectivity index (χ4v) is 8.10. The zero-order valence-corrected chi connectivity index (χ0v) is 23.6. The van der Waals surface area contributed by atoms with E-state index in [-0.39, 0.29) is 29.7 Å². The van der Waals surface area contributed by atoms with E-state index in [1.165, 1.54) is 9.21 Å². The van der Waals surface area contributed by atoms with Gasteiger partial charge in [-0.3, -0.25) is 14.5 Å². The van der Waals surface area contributed by atoms with E-state index in [0.29, 0.717) is 18.1 Å². The minimum Gasteiger partial charge on any atom is -0.498 e. The minimum atomic E-state index is -3.95. The van der Waals surface area contributed by atoms with Gasteiger partial charge in [-0.05, 0) is 56.2 Å². The SMILES string of the molecule is CCOC1=C2C(CN(S(=O)(=O)c3ccc(C)cc3)C2c2ccc(C)cc2)C2C(=O)N(c3ccccc3)C(=O)C2C1. The Hall–Kier alpha value is -3.75. The molecule has 4 unspecified atom stereocenters. The maximum Gasteiger partial charge on any atom is 0.243 e. The average molecular weight is 557 g/mol. The van der Waals surface area contributed by atoms with E-state index in [0.717, 1.165) is 22.3 Å². The number of anilines is 1. The smallest absolute Gasteiger partial charge is 0.243 e. The lowest BCUT2D eigenvalue weighted by Gasteiger charge is -2.32. The van der Waals surface area contributed by atoms with E-state index in [2.05, 4.69) is 0 Å². The fourth-order valence-electron chi connectivity index (χ4n) is 6.48. The summed E-state index contributed by atoms with van der Waals surface area (Å²) in [5.74, 6) is -1.68. The normalized spacial score (nSPS) is 24.8. The third-order valence-corrected chi connectivity index (χ3v) is 10.2. The van der Waals surface area contributed by atoms with E-state index in [1.807, 2.05) is 51.1 Å². The van der Waals surface area contributed by atoms with E-state index in [9.17, 15) is 18.0 Å². The molecule has 0 bridgehead atoms. The van der Waals surface area contributed by atoms with Crippen LogP contribution in [0.4, 0.5) is 5.69 Å². The molecule has 7 nitrogen and oxygen atoms in total. The first-order valence-electron chi connectivity index (χ1n) is 13.7. The van der Waals surface area contributed by atoms with Crippen molar-refractivity contribution in [2.75, 3.05) is 18.1 Å². The molecule has 206 valence electrons. The van der Waals surface area contributed by atoms with E-state index < -0.39 is 33.8 Å². The maximum atomic E-state index is 14.2. The van der Waals surface area contributed by atoms with Crippen molar-refractivity contribution in [1.29, 1.82) is 0 Å². The molecule has 0 aromatic heterocycles. The minimum absolute atomic E-state index is 0.0868. The van der Waals surface area contributed by atoms with Crippen LogP contribution in [0.3, 0.4) is 0 Å². The van der Waals surface area contributed by atoms with E-state index in [1.54, 1.807) is 48.5 Å². The number of fused-ring (bicyclic) bond motifs is 3. The third-order valence-electron chi connectivity index (χ3n) is 8.35. The van der Waals surface area contributed by atoms with Crippen LogP contribution in [0, 0.1) is 31.6 Å². The highest BCUT2D eigenvalue weighted by Crippen LogP contribution is 2.55. The number of carbonyl (C=O) groups is 2. The Morgan fingerprint density at radius 3 is 2.08 bits per heavy atom. The lowest BCUT2D eigenvalue weighted by atomic mass is 9.71. The molecule has 2 amide bonds. The van der Waals surface area contributed by atoms with Crippen LogP contribution in [0.2, 0.25) is 0 Å². The van der Waals surface area contributed by atoms with Gasteiger partial charge >= 0.3 is 0 Å². The first-order valence-corrected chi connectivity index (χ1v) is 15.1. The Bertz CT molecular complexity index is 1600. The number of sulfonamides is 1. The van der Waals surface area contributed by atoms with Crippen molar-refractivity contribution < 1.29 is 22.7 Å². The van der Waals surface area contributed by atoms with Gasteiger partial charge in [0, 0.05) is 18.9 Å². The van der Waals surface area contributed by atoms with Gasteiger partial charge in [0.15, 0.2) is 0 Å². The third kappa shape index (κ3) is 4.17. The number of imide groups is 1. The van der Waals surface area contributed by atoms with Gasteiger partial charge in [0.1, 0.15) is 0 Å². The molecule has 2 fully saturated rings. The van der Waals surface area contributed by atoms with Gasteiger partial charge in [0.2, 0.25) is 21.8 Å². The fraction of sp³-hybridized carbons (Fsp3) is 0.312.